The Hall–Kier alpha value is -1.23. The van der Waals surface area contributed by atoms with E-state index >= 15 is 0 Å². The molecule has 2 N–H and O–H groups in total. The van der Waals surface area contributed by atoms with Crippen molar-refractivity contribution in [1.82, 2.24) is 5.32 Å². The first-order chi connectivity index (χ1) is 9.49. The topological polar surface area (TPSA) is 32.3 Å². The Labute approximate surface area is 123 Å². The van der Waals surface area contributed by atoms with Gasteiger partial charge >= 0.3 is 0 Å². The van der Waals surface area contributed by atoms with Gasteiger partial charge in [0, 0.05) is 23.4 Å². The molecule has 2 nitrogen and oxygen atoms in total. The zero-order valence-electron chi connectivity index (χ0n) is 11.8. The van der Waals surface area contributed by atoms with Gasteiger partial charge in [-0.1, -0.05) is 32.0 Å². The Kier molecular flexibility index (Phi) is 4.91. The van der Waals surface area contributed by atoms with E-state index in [9.17, 15) is 9.50 Å². The van der Waals surface area contributed by atoms with Gasteiger partial charge in [-0.05, 0) is 29.1 Å². The Morgan fingerprint density at radius 2 is 2.10 bits per heavy atom. The third-order valence-corrected chi connectivity index (χ3v) is 4.56. The fraction of sp³-hybridized carbons (Fsp3) is 0.375. The number of halogens is 1. The molecule has 2 aromatic rings. The average Bonchev–Trinajstić information content (AvgIpc) is 2.93. The highest BCUT2D eigenvalue weighted by atomic mass is 32.1. The zero-order chi connectivity index (χ0) is 14.6. The Morgan fingerprint density at radius 1 is 1.30 bits per heavy atom. The highest BCUT2D eigenvalue weighted by Crippen LogP contribution is 2.26. The lowest BCUT2D eigenvalue weighted by Crippen LogP contribution is -2.34. The van der Waals surface area contributed by atoms with Crippen LogP contribution in [0.1, 0.15) is 30.4 Å². The van der Waals surface area contributed by atoms with Gasteiger partial charge < -0.3 is 10.4 Å². The molecule has 1 unspecified atom stereocenters. The number of aliphatic hydroxyl groups is 1. The summed E-state index contributed by atoms with van der Waals surface area (Å²) in [4.78, 5) is 1.31. The number of hydrogen-bond donors (Lipinski definition) is 2. The molecule has 0 amide bonds. The van der Waals surface area contributed by atoms with Crippen molar-refractivity contribution in [3.8, 4) is 0 Å². The summed E-state index contributed by atoms with van der Waals surface area (Å²) in [5.41, 5.74) is 0.627. The predicted octanol–water partition coefficient (Wildman–Crippen LogP) is 3.49. The van der Waals surface area contributed by atoms with E-state index < -0.39 is 6.10 Å². The molecular weight excluding hydrogens is 273 g/mol. The summed E-state index contributed by atoms with van der Waals surface area (Å²) in [6.07, 6.45) is -0.690. The van der Waals surface area contributed by atoms with Gasteiger partial charge in [-0.2, -0.15) is 0 Å². The first-order valence-electron chi connectivity index (χ1n) is 6.67. The highest BCUT2D eigenvalue weighted by molar-refractivity contribution is 7.10. The van der Waals surface area contributed by atoms with E-state index in [2.05, 4.69) is 30.6 Å². The predicted molar refractivity (Wildman–Crippen MR) is 81.6 cm³/mol. The lowest BCUT2D eigenvalue weighted by molar-refractivity contribution is 0.172. The maximum absolute atomic E-state index is 13.1. The average molecular weight is 293 g/mol. The smallest absolute Gasteiger partial charge is 0.123 e. The van der Waals surface area contributed by atoms with E-state index in [1.807, 2.05) is 6.07 Å². The Bertz CT molecular complexity index is 539. The van der Waals surface area contributed by atoms with Gasteiger partial charge in [0.05, 0.1) is 6.10 Å². The molecule has 4 heteroatoms. The van der Waals surface area contributed by atoms with Gasteiger partial charge in [-0.15, -0.1) is 11.3 Å². The van der Waals surface area contributed by atoms with Crippen molar-refractivity contribution < 1.29 is 9.50 Å². The highest BCUT2D eigenvalue weighted by Gasteiger charge is 2.21. The van der Waals surface area contributed by atoms with Crippen molar-refractivity contribution >= 4 is 11.3 Å². The van der Waals surface area contributed by atoms with Crippen LogP contribution in [0, 0.1) is 5.82 Å². The largest absolute Gasteiger partial charge is 0.387 e. The normalized spacial score (nSPS) is 13.4. The van der Waals surface area contributed by atoms with Crippen LogP contribution in [0.15, 0.2) is 41.8 Å². The number of hydrogen-bond acceptors (Lipinski definition) is 3. The zero-order valence-corrected chi connectivity index (χ0v) is 12.6. The molecule has 0 bridgehead atoms. The van der Waals surface area contributed by atoms with E-state index in [1.165, 1.54) is 17.0 Å². The van der Waals surface area contributed by atoms with Crippen LogP contribution < -0.4 is 5.32 Å². The molecule has 0 fully saturated rings. The SMILES string of the molecule is CC(C)(CNCC(O)c1cccc(F)c1)c1cccs1. The lowest BCUT2D eigenvalue weighted by Gasteiger charge is -2.24. The van der Waals surface area contributed by atoms with Crippen LogP contribution in [-0.4, -0.2) is 18.2 Å². The quantitative estimate of drug-likeness (QED) is 0.854. The lowest BCUT2D eigenvalue weighted by atomic mass is 9.91. The molecule has 0 saturated heterocycles. The van der Waals surface area contributed by atoms with Gasteiger partial charge in [-0.25, -0.2) is 4.39 Å². The third-order valence-electron chi connectivity index (χ3n) is 3.33. The maximum atomic E-state index is 13.1. The van der Waals surface area contributed by atoms with Crippen LogP contribution in [0.5, 0.6) is 0 Å². The fourth-order valence-corrected chi connectivity index (χ4v) is 2.96. The monoisotopic (exact) mass is 293 g/mol. The summed E-state index contributed by atoms with van der Waals surface area (Å²) in [6, 6.07) is 10.3. The standard InChI is InChI=1S/C16H20FNOS/c1-16(2,15-7-4-8-20-15)11-18-10-14(19)12-5-3-6-13(17)9-12/h3-9,14,18-19H,10-11H2,1-2H3. The first-order valence-corrected chi connectivity index (χ1v) is 7.55. The Balaban J connectivity index is 1.87. The number of thiophene rings is 1. The van der Waals surface area contributed by atoms with Crippen LogP contribution in [-0.2, 0) is 5.41 Å². The molecule has 0 saturated carbocycles. The van der Waals surface area contributed by atoms with Crippen molar-refractivity contribution in [1.29, 1.82) is 0 Å². The summed E-state index contributed by atoms with van der Waals surface area (Å²) < 4.78 is 13.1. The number of rotatable bonds is 6. The van der Waals surface area contributed by atoms with Crippen LogP contribution in [0.25, 0.3) is 0 Å². The van der Waals surface area contributed by atoms with Gasteiger partial charge in [0.25, 0.3) is 0 Å². The summed E-state index contributed by atoms with van der Waals surface area (Å²) in [5, 5.41) is 15.4. The van der Waals surface area contributed by atoms with Crippen molar-refractivity contribution in [2.45, 2.75) is 25.4 Å². The molecule has 0 spiro atoms. The Morgan fingerprint density at radius 3 is 2.75 bits per heavy atom. The summed E-state index contributed by atoms with van der Waals surface area (Å²) in [7, 11) is 0. The van der Waals surface area contributed by atoms with Crippen molar-refractivity contribution in [2.75, 3.05) is 13.1 Å². The fourth-order valence-electron chi connectivity index (χ4n) is 2.10. The molecule has 0 aliphatic rings. The van der Waals surface area contributed by atoms with Crippen LogP contribution >= 0.6 is 11.3 Å². The molecule has 1 aromatic carbocycles. The molecule has 0 aliphatic carbocycles. The molecule has 1 atom stereocenters. The van der Waals surface area contributed by atoms with Gasteiger partial charge in [0.1, 0.15) is 5.82 Å². The second kappa shape index (κ2) is 6.48. The molecule has 1 aromatic heterocycles. The van der Waals surface area contributed by atoms with Crippen molar-refractivity contribution in [2.24, 2.45) is 0 Å². The molecule has 1 heterocycles. The maximum Gasteiger partial charge on any atom is 0.123 e. The van der Waals surface area contributed by atoms with E-state index in [0.717, 1.165) is 6.54 Å². The van der Waals surface area contributed by atoms with Gasteiger partial charge in [0.15, 0.2) is 0 Å². The second-order valence-corrected chi connectivity index (χ2v) is 6.51. The summed E-state index contributed by atoms with van der Waals surface area (Å²) >= 11 is 1.73. The number of nitrogens with one attached hydrogen (secondary N) is 1. The van der Waals surface area contributed by atoms with Gasteiger partial charge in [0.2, 0.25) is 0 Å². The second-order valence-electron chi connectivity index (χ2n) is 5.56. The molecule has 20 heavy (non-hydrogen) atoms. The van der Waals surface area contributed by atoms with Gasteiger partial charge in [-0.3, -0.25) is 0 Å². The van der Waals surface area contributed by atoms with E-state index in [0.29, 0.717) is 12.1 Å². The van der Waals surface area contributed by atoms with Crippen LogP contribution in [0.3, 0.4) is 0 Å². The minimum absolute atomic E-state index is 0.0236. The molecule has 0 radical (unpaired) electrons. The minimum Gasteiger partial charge on any atom is -0.387 e. The molecular formula is C16H20FNOS. The van der Waals surface area contributed by atoms with Crippen molar-refractivity contribution in [3.05, 3.63) is 58.0 Å². The summed E-state index contributed by atoms with van der Waals surface area (Å²) in [6.45, 7) is 5.51. The van der Waals surface area contributed by atoms with Crippen molar-refractivity contribution in [3.63, 3.8) is 0 Å². The molecule has 108 valence electrons. The number of benzene rings is 1. The van der Waals surface area contributed by atoms with E-state index in [1.54, 1.807) is 23.5 Å². The van der Waals surface area contributed by atoms with E-state index in [4.69, 9.17) is 0 Å². The van der Waals surface area contributed by atoms with Crippen LogP contribution in [0.4, 0.5) is 4.39 Å². The number of aliphatic hydroxyl groups excluding tert-OH is 1. The summed E-state index contributed by atoms with van der Waals surface area (Å²) in [5.74, 6) is -0.319. The van der Waals surface area contributed by atoms with Crippen LogP contribution in [0.2, 0.25) is 0 Å². The molecule has 0 aliphatic heterocycles. The molecule has 2 rings (SSSR count). The minimum atomic E-state index is -0.690. The van der Waals surface area contributed by atoms with E-state index in [-0.39, 0.29) is 11.2 Å². The first kappa shape index (κ1) is 15.2. The third kappa shape index (κ3) is 3.88.